The SMILES string of the molecule is COc1ccccc1/C=C/C(=O)NC(=S)Nc1ccccc1C(=O)N1CCN(C(c2ccccc2)c2ccccc2)CC1. The first-order valence-electron chi connectivity index (χ1n) is 14.2. The molecule has 0 saturated carbocycles. The van der Waals surface area contributed by atoms with Crippen LogP contribution in [0.25, 0.3) is 6.08 Å². The van der Waals surface area contributed by atoms with Gasteiger partial charge in [-0.15, -0.1) is 0 Å². The van der Waals surface area contributed by atoms with Gasteiger partial charge in [0.25, 0.3) is 5.91 Å². The first-order chi connectivity index (χ1) is 21.0. The minimum absolute atomic E-state index is 0.0797. The highest BCUT2D eigenvalue weighted by molar-refractivity contribution is 7.80. The third-order valence-electron chi connectivity index (χ3n) is 7.39. The molecule has 2 amide bonds. The molecule has 0 radical (unpaired) electrons. The molecular formula is C35H34N4O3S. The number of amides is 2. The lowest BCUT2D eigenvalue weighted by Crippen LogP contribution is -2.50. The second-order valence-corrected chi connectivity index (χ2v) is 10.5. The van der Waals surface area contributed by atoms with Crippen LogP contribution in [0.1, 0.15) is 33.1 Å². The summed E-state index contributed by atoms with van der Waals surface area (Å²) < 4.78 is 5.32. The van der Waals surface area contributed by atoms with Crippen LogP contribution >= 0.6 is 12.2 Å². The fraction of sp³-hybridized carbons (Fsp3) is 0.171. The summed E-state index contributed by atoms with van der Waals surface area (Å²) >= 11 is 5.40. The molecule has 0 atom stereocenters. The number of hydrogen-bond donors (Lipinski definition) is 2. The van der Waals surface area contributed by atoms with Crippen LogP contribution in [0.5, 0.6) is 5.75 Å². The summed E-state index contributed by atoms with van der Waals surface area (Å²) in [4.78, 5) is 30.5. The van der Waals surface area contributed by atoms with Crippen molar-refractivity contribution >= 4 is 40.9 Å². The van der Waals surface area contributed by atoms with Crippen molar-refractivity contribution in [2.45, 2.75) is 6.04 Å². The van der Waals surface area contributed by atoms with Crippen molar-refractivity contribution in [3.63, 3.8) is 0 Å². The normalized spacial score (nSPS) is 13.6. The molecule has 1 fully saturated rings. The molecule has 43 heavy (non-hydrogen) atoms. The molecule has 4 aromatic rings. The molecule has 218 valence electrons. The lowest BCUT2D eigenvalue weighted by atomic mass is 9.96. The molecule has 8 heteroatoms. The van der Waals surface area contributed by atoms with Crippen molar-refractivity contribution in [3.05, 3.63) is 138 Å². The first-order valence-corrected chi connectivity index (χ1v) is 14.6. The molecule has 1 aliphatic heterocycles. The van der Waals surface area contributed by atoms with E-state index >= 15 is 0 Å². The summed E-state index contributed by atoms with van der Waals surface area (Å²) in [6.07, 6.45) is 3.05. The molecule has 0 unspecified atom stereocenters. The van der Waals surface area contributed by atoms with Gasteiger partial charge in [-0.25, -0.2) is 0 Å². The van der Waals surface area contributed by atoms with Gasteiger partial charge in [0.05, 0.1) is 24.4 Å². The Balaban J connectivity index is 1.22. The number of thiocarbonyl (C=S) groups is 1. The third-order valence-corrected chi connectivity index (χ3v) is 7.60. The van der Waals surface area contributed by atoms with Crippen LogP contribution in [0.15, 0.2) is 115 Å². The number of nitrogens with one attached hydrogen (secondary N) is 2. The fourth-order valence-electron chi connectivity index (χ4n) is 5.29. The van der Waals surface area contributed by atoms with Crippen molar-refractivity contribution < 1.29 is 14.3 Å². The van der Waals surface area contributed by atoms with E-state index in [0.29, 0.717) is 30.1 Å². The van der Waals surface area contributed by atoms with E-state index in [0.717, 1.165) is 18.7 Å². The molecule has 0 aromatic heterocycles. The predicted octanol–water partition coefficient (Wildman–Crippen LogP) is 5.77. The molecule has 0 aliphatic carbocycles. The van der Waals surface area contributed by atoms with Gasteiger partial charge in [-0.3, -0.25) is 19.8 Å². The number of benzene rings is 4. The topological polar surface area (TPSA) is 73.9 Å². The Bertz CT molecular complexity index is 1550. The van der Waals surface area contributed by atoms with Gasteiger partial charge in [-0.05, 0) is 47.6 Å². The largest absolute Gasteiger partial charge is 0.496 e. The van der Waals surface area contributed by atoms with E-state index < -0.39 is 5.91 Å². The molecule has 1 heterocycles. The Hall–Kier alpha value is -4.79. The molecule has 7 nitrogen and oxygen atoms in total. The Morgan fingerprint density at radius 3 is 2.02 bits per heavy atom. The number of piperazine rings is 1. The summed E-state index contributed by atoms with van der Waals surface area (Å²) in [6, 6.07) is 35.7. The van der Waals surface area contributed by atoms with Crippen LogP contribution in [0.2, 0.25) is 0 Å². The van der Waals surface area contributed by atoms with E-state index in [1.165, 1.54) is 17.2 Å². The number of methoxy groups -OCH3 is 1. The van der Waals surface area contributed by atoms with Crippen LogP contribution in [-0.2, 0) is 4.79 Å². The molecule has 1 saturated heterocycles. The monoisotopic (exact) mass is 590 g/mol. The van der Waals surface area contributed by atoms with E-state index in [9.17, 15) is 9.59 Å². The third kappa shape index (κ3) is 7.54. The Morgan fingerprint density at radius 1 is 0.791 bits per heavy atom. The maximum Gasteiger partial charge on any atom is 0.256 e. The minimum Gasteiger partial charge on any atom is -0.496 e. The van der Waals surface area contributed by atoms with E-state index in [1.54, 1.807) is 25.3 Å². The van der Waals surface area contributed by atoms with Crippen LogP contribution in [-0.4, -0.2) is 60.0 Å². The van der Waals surface area contributed by atoms with E-state index in [1.807, 2.05) is 53.4 Å². The zero-order valence-electron chi connectivity index (χ0n) is 24.0. The van der Waals surface area contributed by atoms with Crippen molar-refractivity contribution in [2.24, 2.45) is 0 Å². The van der Waals surface area contributed by atoms with E-state index in [-0.39, 0.29) is 17.1 Å². The highest BCUT2D eigenvalue weighted by atomic mass is 32.1. The van der Waals surface area contributed by atoms with Crippen LogP contribution < -0.4 is 15.4 Å². The van der Waals surface area contributed by atoms with Gasteiger partial charge in [0.1, 0.15) is 5.75 Å². The number of rotatable bonds is 8. The van der Waals surface area contributed by atoms with Gasteiger partial charge in [0.15, 0.2) is 5.11 Å². The van der Waals surface area contributed by atoms with Gasteiger partial charge < -0.3 is 15.0 Å². The lowest BCUT2D eigenvalue weighted by Gasteiger charge is -2.40. The number of hydrogen-bond acceptors (Lipinski definition) is 5. The highest BCUT2D eigenvalue weighted by Gasteiger charge is 2.29. The van der Waals surface area contributed by atoms with E-state index in [2.05, 4.69) is 64.1 Å². The number of anilines is 1. The van der Waals surface area contributed by atoms with E-state index in [4.69, 9.17) is 17.0 Å². The molecule has 1 aliphatic rings. The number of para-hydroxylation sites is 2. The van der Waals surface area contributed by atoms with Crippen molar-refractivity contribution in [1.82, 2.24) is 15.1 Å². The quantitative estimate of drug-likeness (QED) is 0.201. The molecule has 0 bridgehead atoms. The second kappa shape index (κ2) is 14.4. The summed E-state index contributed by atoms with van der Waals surface area (Å²) in [7, 11) is 1.58. The number of ether oxygens (including phenoxy) is 1. The number of carbonyl (C=O) groups is 2. The second-order valence-electron chi connectivity index (χ2n) is 10.1. The Morgan fingerprint density at radius 2 is 1.37 bits per heavy atom. The maximum absolute atomic E-state index is 13.7. The smallest absolute Gasteiger partial charge is 0.256 e. The van der Waals surface area contributed by atoms with Crippen molar-refractivity contribution in [3.8, 4) is 5.75 Å². The predicted molar refractivity (Wildman–Crippen MR) is 175 cm³/mol. The van der Waals surface area contributed by atoms with Gasteiger partial charge in [0.2, 0.25) is 5.91 Å². The fourth-order valence-corrected chi connectivity index (χ4v) is 5.50. The van der Waals surface area contributed by atoms with Gasteiger partial charge in [-0.1, -0.05) is 91.0 Å². The lowest BCUT2D eigenvalue weighted by molar-refractivity contribution is -0.115. The standard InChI is InChI=1S/C35H34N4O3S/c1-42-31-19-11-8-12-26(31)20-21-32(40)37-35(43)36-30-18-10-9-17-29(30)34(41)39-24-22-38(23-25-39)33(27-13-4-2-5-14-27)28-15-6-3-7-16-28/h2-21,33H,22-25H2,1H3,(H2,36,37,40,43)/b21-20+. The summed E-state index contributed by atoms with van der Waals surface area (Å²) in [6.45, 7) is 2.67. The highest BCUT2D eigenvalue weighted by Crippen LogP contribution is 2.30. The van der Waals surface area contributed by atoms with Crippen LogP contribution in [0.3, 0.4) is 0 Å². The average Bonchev–Trinajstić information content (AvgIpc) is 3.05. The zero-order chi connectivity index (χ0) is 30.0. The average molecular weight is 591 g/mol. The zero-order valence-corrected chi connectivity index (χ0v) is 24.8. The number of carbonyl (C=O) groups excluding carboxylic acids is 2. The molecule has 4 aromatic carbocycles. The Labute approximate surface area is 257 Å². The Kier molecular flexibility index (Phi) is 9.94. The molecular weight excluding hydrogens is 556 g/mol. The maximum atomic E-state index is 13.7. The van der Waals surface area contributed by atoms with Crippen molar-refractivity contribution in [1.29, 1.82) is 0 Å². The van der Waals surface area contributed by atoms with Gasteiger partial charge in [0, 0.05) is 37.8 Å². The summed E-state index contributed by atoms with van der Waals surface area (Å²) in [5.74, 6) is 0.190. The van der Waals surface area contributed by atoms with Crippen LogP contribution in [0, 0.1) is 0 Å². The van der Waals surface area contributed by atoms with Gasteiger partial charge >= 0.3 is 0 Å². The minimum atomic E-state index is -0.394. The molecule has 5 rings (SSSR count). The van der Waals surface area contributed by atoms with Crippen molar-refractivity contribution in [2.75, 3.05) is 38.6 Å². The summed E-state index contributed by atoms with van der Waals surface area (Å²) in [5, 5.41) is 5.79. The van der Waals surface area contributed by atoms with Crippen LogP contribution in [0.4, 0.5) is 5.69 Å². The number of nitrogens with zero attached hydrogens (tertiary/aromatic N) is 2. The molecule has 2 N–H and O–H groups in total. The first kappa shape index (κ1) is 29.7. The summed E-state index contributed by atoms with van der Waals surface area (Å²) in [5.41, 5.74) is 4.28. The van der Waals surface area contributed by atoms with Gasteiger partial charge in [-0.2, -0.15) is 0 Å². The molecule has 0 spiro atoms.